The molecule has 0 spiro atoms. The van der Waals surface area contributed by atoms with Crippen LogP contribution in [0.15, 0.2) is 17.3 Å². The summed E-state index contributed by atoms with van der Waals surface area (Å²) in [6.45, 7) is 5.93. The second-order valence-corrected chi connectivity index (χ2v) is 7.79. The van der Waals surface area contributed by atoms with Gasteiger partial charge < -0.3 is 5.32 Å². The Hall–Kier alpha value is -1.02. The van der Waals surface area contributed by atoms with Gasteiger partial charge in [0.15, 0.2) is 0 Å². The maximum absolute atomic E-state index is 12.1. The number of hydrogen-bond acceptors (Lipinski definition) is 5. The molecule has 0 aliphatic heterocycles. The monoisotopic (exact) mass is 393 g/mol. The molecule has 0 radical (unpaired) electrons. The molecule has 0 aliphatic rings. The summed E-state index contributed by atoms with van der Waals surface area (Å²) in [5.41, 5.74) is 0.136. The van der Waals surface area contributed by atoms with Crippen LogP contribution in [0, 0.1) is 0 Å². The van der Waals surface area contributed by atoms with Crippen molar-refractivity contribution in [3.05, 3.63) is 27.2 Å². The lowest BCUT2D eigenvalue weighted by Gasteiger charge is -2.19. The summed E-state index contributed by atoms with van der Waals surface area (Å²) in [6.07, 6.45) is 0. The number of rotatable bonds is 4. The van der Waals surface area contributed by atoms with Crippen LogP contribution in [0.5, 0.6) is 0 Å². The standard InChI is InChI=1S/C13H14Cl3N5OS/c1-13(2,3)21-12(18-19-20-21)23-6-11(22)17-10-5-8(15)7(14)4-9(10)16/h4-5H,6H2,1-3H3,(H,17,22). The minimum atomic E-state index is -0.269. The Labute approximate surface area is 152 Å². The van der Waals surface area contributed by atoms with Crippen molar-refractivity contribution in [2.75, 3.05) is 11.1 Å². The normalized spacial score (nSPS) is 11.6. The van der Waals surface area contributed by atoms with E-state index < -0.39 is 0 Å². The van der Waals surface area contributed by atoms with Crippen LogP contribution in [-0.4, -0.2) is 31.9 Å². The molecular weight excluding hydrogens is 381 g/mol. The number of halogens is 3. The summed E-state index contributed by atoms with van der Waals surface area (Å²) in [7, 11) is 0. The van der Waals surface area contributed by atoms with Gasteiger partial charge in [0.05, 0.1) is 32.0 Å². The fourth-order valence-corrected chi connectivity index (χ4v) is 3.08. The first-order chi connectivity index (χ1) is 10.7. The maximum atomic E-state index is 12.1. The van der Waals surface area contributed by atoms with Crippen molar-refractivity contribution in [3.8, 4) is 0 Å². The van der Waals surface area contributed by atoms with Gasteiger partial charge in [-0.1, -0.05) is 46.6 Å². The van der Waals surface area contributed by atoms with Crippen LogP contribution in [0.3, 0.4) is 0 Å². The third-order valence-corrected chi connectivity index (χ3v) is 4.65. The highest BCUT2D eigenvalue weighted by atomic mass is 35.5. The molecule has 0 aliphatic carbocycles. The molecule has 0 unspecified atom stereocenters. The van der Waals surface area contributed by atoms with Gasteiger partial charge in [-0.15, -0.1) is 5.10 Å². The predicted octanol–water partition coefficient (Wildman–Crippen LogP) is 4.12. The molecule has 0 fully saturated rings. The summed E-state index contributed by atoms with van der Waals surface area (Å²) in [4.78, 5) is 12.1. The Morgan fingerprint density at radius 1 is 1.22 bits per heavy atom. The van der Waals surface area contributed by atoms with E-state index in [0.29, 0.717) is 25.9 Å². The Kier molecular flexibility index (Phi) is 5.78. The van der Waals surface area contributed by atoms with Crippen molar-refractivity contribution in [2.45, 2.75) is 31.5 Å². The summed E-state index contributed by atoms with van der Waals surface area (Å²) >= 11 is 19.0. The van der Waals surface area contributed by atoms with Crippen LogP contribution in [-0.2, 0) is 10.3 Å². The van der Waals surface area contributed by atoms with Crippen LogP contribution in [0.2, 0.25) is 15.1 Å². The number of nitrogens with one attached hydrogen (secondary N) is 1. The van der Waals surface area contributed by atoms with E-state index in [2.05, 4.69) is 20.8 Å². The predicted molar refractivity (Wildman–Crippen MR) is 93.6 cm³/mol. The summed E-state index contributed by atoms with van der Waals surface area (Å²) in [6, 6.07) is 2.99. The lowest BCUT2D eigenvalue weighted by atomic mass is 10.1. The van der Waals surface area contributed by atoms with Crippen LogP contribution in [0.4, 0.5) is 5.69 Å². The number of aromatic nitrogens is 4. The second kappa shape index (κ2) is 7.25. The van der Waals surface area contributed by atoms with Crippen molar-refractivity contribution in [2.24, 2.45) is 0 Å². The largest absolute Gasteiger partial charge is 0.324 e. The molecule has 23 heavy (non-hydrogen) atoms. The molecule has 0 bridgehead atoms. The highest BCUT2D eigenvalue weighted by Crippen LogP contribution is 2.32. The number of thioether (sulfide) groups is 1. The van der Waals surface area contributed by atoms with E-state index in [-0.39, 0.29) is 17.2 Å². The lowest BCUT2D eigenvalue weighted by Crippen LogP contribution is -2.24. The van der Waals surface area contributed by atoms with Gasteiger partial charge in [0.2, 0.25) is 11.1 Å². The molecule has 1 N–H and O–H groups in total. The molecule has 0 saturated carbocycles. The Bertz CT molecular complexity index is 729. The molecule has 1 heterocycles. The molecule has 6 nitrogen and oxygen atoms in total. The number of benzene rings is 1. The quantitative estimate of drug-likeness (QED) is 0.624. The molecule has 2 rings (SSSR count). The molecular formula is C13H14Cl3N5OS. The average molecular weight is 395 g/mol. The van der Waals surface area contributed by atoms with Crippen LogP contribution in [0.25, 0.3) is 0 Å². The van der Waals surface area contributed by atoms with E-state index in [4.69, 9.17) is 34.8 Å². The van der Waals surface area contributed by atoms with Gasteiger partial charge in [-0.3, -0.25) is 4.79 Å². The third-order valence-electron chi connectivity index (χ3n) is 2.69. The number of carbonyl (C=O) groups excluding carboxylic acids is 1. The molecule has 2 aromatic rings. The minimum absolute atomic E-state index is 0.132. The number of nitrogens with zero attached hydrogens (tertiary/aromatic N) is 4. The van der Waals surface area contributed by atoms with E-state index >= 15 is 0 Å². The highest BCUT2D eigenvalue weighted by molar-refractivity contribution is 7.99. The van der Waals surface area contributed by atoms with E-state index in [0.717, 1.165) is 0 Å². The molecule has 1 aromatic carbocycles. The fourth-order valence-electron chi connectivity index (χ4n) is 1.62. The van der Waals surface area contributed by atoms with Gasteiger partial charge in [0, 0.05) is 0 Å². The van der Waals surface area contributed by atoms with Crippen molar-refractivity contribution in [1.29, 1.82) is 0 Å². The van der Waals surface area contributed by atoms with Crippen LogP contribution < -0.4 is 5.32 Å². The molecule has 0 saturated heterocycles. The Morgan fingerprint density at radius 3 is 2.52 bits per heavy atom. The van der Waals surface area contributed by atoms with E-state index in [1.165, 1.54) is 23.9 Å². The zero-order valence-electron chi connectivity index (χ0n) is 12.6. The van der Waals surface area contributed by atoms with Crippen molar-refractivity contribution >= 4 is 58.2 Å². The van der Waals surface area contributed by atoms with Gasteiger partial charge >= 0.3 is 0 Å². The number of hydrogen-bond donors (Lipinski definition) is 1. The molecule has 1 aromatic heterocycles. The van der Waals surface area contributed by atoms with Gasteiger partial charge in [0.25, 0.3) is 0 Å². The highest BCUT2D eigenvalue weighted by Gasteiger charge is 2.20. The number of anilines is 1. The van der Waals surface area contributed by atoms with E-state index in [9.17, 15) is 4.79 Å². The van der Waals surface area contributed by atoms with Gasteiger partial charge in [-0.25, -0.2) is 4.68 Å². The van der Waals surface area contributed by atoms with Crippen molar-refractivity contribution in [3.63, 3.8) is 0 Å². The molecule has 124 valence electrons. The fraction of sp³-hybridized carbons (Fsp3) is 0.385. The summed E-state index contributed by atoms with van der Waals surface area (Å²) < 4.78 is 1.66. The van der Waals surface area contributed by atoms with Crippen molar-refractivity contribution in [1.82, 2.24) is 20.2 Å². The van der Waals surface area contributed by atoms with Gasteiger partial charge in [-0.2, -0.15) is 0 Å². The molecule has 10 heteroatoms. The number of amides is 1. The van der Waals surface area contributed by atoms with Crippen LogP contribution in [0.1, 0.15) is 20.8 Å². The van der Waals surface area contributed by atoms with Gasteiger partial charge in [0.1, 0.15) is 0 Å². The third kappa shape index (κ3) is 4.73. The number of carbonyl (C=O) groups is 1. The first-order valence-corrected chi connectivity index (χ1v) is 8.66. The smallest absolute Gasteiger partial charge is 0.234 e. The topological polar surface area (TPSA) is 72.7 Å². The minimum Gasteiger partial charge on any atom is -0.324 e. The van der Waals surface area contributed by atoms with E-state index in [1.54, 1.807) is 4.68 Å². The average Bonchev–Trinajstić information content (AvgIpc) is 2.91. The summed E-state index contributed by atoms with van der Waals surface area (Å²) in [5, 5.41) is 15.7. The zero-order valence-corrected chi connectivity index (χ0v) is 15.7. The van der Waals surface area contributed by atoms with E-state index in [1.807, 2.05) is 20.8 Å². The maximum Gasteiger partial charge on any atom is 0.234 e. The SMILES string of the molecule is CC(C)(C)n1nnnc1SCC(=O)Nc1cc(Cl)c(Cl)cc1Cl. The number of tetrazole rings is 1. The zero-order chi connectivity index (χ0) is 17.2. The molecule has 0 atom stereocenters. The second-order valence-electron chi connectivity index (χ2n) is 5.63. The van der Waals surface area contributed by atoms with Crippen LogP contribution >= 0.6 is 46.6 Å². The molecule has 1 amide bonds. The van der Waals surface area contributed by atoms with Gasteiger partial charge in [-0.05, 0) is 43.3 Å². The Balaban J connectivity index is 2.02. The first-order valence-electron chi connectivity index (χ1n) is 6.54. The summed E-state index contributed by atoms with van der Waals surface area (Å²) in [5.74, 6) is -0.119. The first kappa shape index (κ1) is 18.3. The lowest BCUT2D eigenvalue weighted by molar-refractivity contribution is -0.113. The Morgan fingerprint density at radius 2 is 1.87 bits per heavy atom. The van der Waals surface area contributed by atoms with Crippen molar-refractivity contribution < 1.29 is 4.79 Å².